The van der Waals surface area contributed by atoms with Crippen LogP contribution in [0.2, 0.25) is 0 Å². The molecule has 0 spiro atoms. The second kappa shape index (κ2) is 8.92. The number of benzene rings is 2. The Labute approximate surface area is 166 Å². The molecule has 0 fully saturated rings. The van der Waals surface area contributed by atoms with Gasteiger partial charge in [0.05, 0.1) is 5.69 Å². The average molecular weight is 429 g/mol. The van der Waals surface area contributed by atoms with E-state index >= 15 is 0 Å². The van der Waals surface area contributed by atoms with Gasteiger partial charge in [0.25, 0.3) is 5.91 Å². The van der Waals surface area contributed by atoms with Crippen LogP contribution in [0.1, 0.15) is 22.6 Å². The van der Waals surface area contributed by atoms with Crippen LogP contribution >= 0.6 is 15.9 Å². The maximum atomic E-state index is 12.4. The van der Waals surface area contributed by atoms with Crippen molar-refractivity contribution in [3.8, 4) is 17.1 Å². The van der Waals surface area contributed by atoms with Crippen molar-refractivity contribution in [1.82, 2.24) is 20.1 Å². The summed E-state index contributed by atoms with van der Waals surface area (Å²) in [6, 6.07) is 15.7. The van der Waals surface area contributed by atoms with Crippen LogP contribution in [0.25, 0.3) is 17.1 Å². The Hall–Kier alpha value is -2.51. The van der Waals surface area contributed by atoms with Gasteiger partial charge in [-0.25, -0.2) is 9.67 Å². The summed E-state index contributed by atoms with van der Waals surface area (Å²) in [6.45, 7) is 3.13. The number of carbonyl (C=O) groups excluding carboxylic acids is 1. The molecule has 0 saturated carbocycles. The van der Waals surface area contributed by atoms with Gasteiger partial charge in [-0.3, -0.25) is 4.79 Å². The van der Waals surface area contributed by atoms with Crippen molar-refractivity contribution in [2.24, 2.45) is 0 Å². The van der Waals surface area contributed by atoms with Crippen molar-refractivity contribution in [3.05, 3.63) is 64.4 Å². The third kappa shape index (κ3) is 4.81. The lowest BCUT2D eigenvalue weighted by Gasteiger charge is -2.06. The summed E-state index contributed by atoms with van der Waals surface area (Å²) in [4.78, 5) is 16.9. The highest BCUT2D eigenvalue weighted by Gasteiger charge is 2.18. The zero-order valence-corrected chi connectivity index (χ0v) is 16.9. The van der Waals surface area contributed by atoms with Crippen LogP contribution < -0.4 is 5.32 Å². The predicted molar refractivity (Wildman–Crippen MR) is 108 cm³/mol. The maximum absolute atomic E-state index is 12.4. The topological polar surface area (TPSA) is 69.0 Å². The molecule has 0 aliphatic rings. The number of nitrogens with zero attached hydrogens (tertiary/aromatic N) is 3. The largest absolute Gasteiger partial charge is 0.385 e. The molecule has 0 bridgehead atoms. The van der Waals surface area contributed by atoms with Crippen LogP contribution in [0.4, 0.5) is 0 Å². The van der Waals surface area contributed by atoms with E-state index in [9.17, 15) is 4.79 Å². The lowest BCUT2D eigenvalue weighted by molar-refractivity contribution is 0.0938. The number of amides is 1. The van der Waals surface area contributed by atoms with E-state index in [1.54, 1.807) is 11.8 Å². The van der Waals surface area contributed by atoms with E-state index in [0.29, 0.717) is 19.0 Å². The Morgan fingerprint density at radius 3 is 2.52 bits per heavy atom. The fourth-order valence-corrected chi connectivity index (χ4v) is 2.82. The number of methoxy groups -OCH3 is 1. The highest BCUT2D eigenvalue weighted by Crippen LogP contribution is 2.23. The van der Waals surface area contributed by atoms with Gasteiger partial charge >= 0.3 is 0 Å². The Bertz CT molecular complexity index is 842. The lowest BCUT2D eigenvalue weighted by Crippen LogP contribution is -2.26. The number of nitrogens with one attached hydrogen (secondary N) is 1. The van der Waals surface area contributed by atoms with E-state index in [1.807, 2.05) is 55.5 Å². The van der Waals surface area contributed by atoms with Gasteiger partial charge in [0.2, 0.25) is 5.82 Å². The SMILES string of the molecule is COCCCNC(=O)c1nc(-c2ccc(Br)cc2)n(-c2ccc(C)cc2)n1. The minimum atomic E-state index is -0.296. The molecule has 1 heterocycles. The van der Waals surface area contributed by atoms with Gasteiger partial charge in [0.15, 0.2) is 5.82 Å². The smallest absolute Gasteiger partial charge is 0.290 e. The number of aryl methyl sites for hydroxylation is 1. The number of aromatic nitrogens is 3. The van der Waals surface area contributed by atoms with Gasteiger partial charge in [-0.05, 0) is 37.6 Å². The molecule has 1 N–H and O–H groups in total. The number of ether oxygens (including phenoxy) is 1. The molecule has 0 saturated heterocycles. The van der Waals surface area contributed by atoms with E-state index < -0.39 is 0 Å². The van der Waals surface area contributed by atoms with E-state index in [4.69, 9.17) is 4.74 Å². The first-order valence-electron chi connectivity index (χ1n) is 8.65. The molecular formula is C20H21BrN4O2. The van der Waals surface area contributed by atoms with E-state index in [1.165, 1.54) is 0 Å². The number of rotatable bonds is 7. The summed E-state index contributed by atoms with van der Waals surface area (Å²) in [5.41, 5.74) is 2.88. The number of halogens is 1. The summed E-state index contributed by atoms with van der Waals surface area (Å²) in [5, 5.41) is 7.29. The third-order valence-corrected chi connectivity index (χ3v) is 4.53. The van der Waals surface area contributed by atoms with Crippen molar-refractivity contribution in [2.45, 2.75) is 13.3 Å². The Kier molecular flexibility index (Phi) is 6.36. The van der Waals surface area contributed by atoms with Crippen LogP contribution in [0.3, 0.4) is 0 Å². The first kappa shape index (κ1) is 19.3. The summed E-state index contributed by atoms with van der Waals surface area (Å²) in [5.74, 6) is 0.467. The summed E-state index contributed by atoms with van der Waals surface area (Å²) >= 11 is 3.44. The Morgan fingerprint density at radius 2 is 1.85 bits per heavy atom. The molecule has 7 heteroatoms. The van der Waals surface area contributed by atoms with Crippen LogP contribution in [-0.2, 0) is 4.74 Å². The molecule has 1 aromatic heterocycles. The van der Waals surface area contributed by atoms with Crippen LogP contribution in [0.5, 0.6) is 0 Å². The molecule has 3 rings (SSSR count). The van der Waals surface area contributed by atoms with Crippen LogP contribution in [0, 0.1) is 6.92 Å². The molecule has 140 valence electrons. The molecule has 0 radical (unpaired) electrons. The maximum Gasteiger partial charge on any atom is 0.290 e. The van der Waals surface area contributed by atoms with Crippen molar-refractivity contribution < 1.29 is 9.53 Å². The zero-order chi connectivity index (χ0) is 19.2. The molecule has 0 aliphatic carbocycles. The van der Waals surface area contributed by atoms with Crippen molar-refractivity contribution in [3.63, 3.8) is 0 Å². The third-order valence-electron chi connectivity index (χ3n) is 4.00. The number of hydrogen-bond acceptors (Lipinski definition) is 4. The molecule has 27 heavy (non-hydrogen) atoms. The molecule has 6 nitrogen and oxygen atoms in total. The van der Waals surface area contributed by atoms with E-state index in [0.717, 1.165) is 27.7 Å². The summed E-state index contributed by atoms with van der Waals surface area (Å²) in [7, 11) is 1.64. The monoisotopic (exact) mass is 428 g/mol. The second-order valence-corrected chi connectivity index (χ2v) is 7.03. The standard InChI is InChI=1S/C20H21BrN4O2/c1-14-4-10-17(11-5-14)25-19(15-6-8-16(21)9-7-15)23-18(24-25)20(26)22-12-3-13-27-2/h4-11H,3,12-13H2,1-2H3,(H,22,26). The number of hydrogen-bond donors (Lipinski definition) is 1. The quantitative estimate of drug-likeness (QED) is 0.581. The molecule has 0 aliphatic heterocycles. The molecule has 1 amide bonds. The Balaban J connectivity index is 1.94. The second-order valence-electron chi connectivity index (χ2n) is 6.12. The van der Waals surface area contributed by atoms with Gasteiger partial charge in [0.1, 0.15) is 0 Å². The molecule has 2 aromatic carbocycles. The van der Waals surface area contributed by atoms with E-state index in [-0.39, 0.29) is 11.7 Å². The van der Waals surface area contributed by atoms with Gasteiger partial charge in [-0.15, -0.1) is 5.10 Å². The van der Waals surface area contributed by atoms with Gasteiger partial charge < -0.3 is 10.1 Å². The minimum absolute atomic E-state index is 0.144. The fraction of sp³-hybridized carbons (Fsp3) is 0.250. The van der Waals surface area contributed by atoms with Crippen molar-refractivity contribution >= 4 is 21.8 Å². The Morgan fingerprint density at radius 1 is 1.15 bits per heavy atom. The molecular weight excluding hydrogens is 408 g/mol. The minimum Gasteiger partial charge on any atom is -0.385 e. The first-order chi connectivity index (χ1) is 13.1. The predicted octanol–water partition coefficient (Wildman–Crippen LogP) is 3.77. The van der Waals surface area contributed by atoms with Gasteiger partial charge in [0, 0.05) is 30.3 Å². The zero-order valence-electron chi connectivity index (χ0n) is 15.3. The normalized spacial score (nSPS) is 10.8. The van der Waals surface area contributed by atoms with Crippen LogP contribution in [-0.4, -0.2) is 40.9 Å². The van der Waals surface area contributed by atoms with Crippen molar-refractivity contribution in [2.75, 3.05) is 20.3 Å². The average Bonchev–Trinajstić information content (AvgIpc) is 3.12. The number of carbonyl (C=O) groups is 1. The summed E-state index contributed by atoms with van der Waals surface area (Å²) < 4.78 is 7.67. The summed E-state index contributed by atoms with van der Waals surface area (Å²) in [6.07, 6.45) is 0.737. The van der Waals surface area contributed by atoms with Crippen LogP contribution in [0.15, 0.2) is 53.0 Å². The molecule has 3 aromatic rings. The van der Waals surface area contributed by atoms with E-state index in [2.05, 4.69) is 31.3 Å². The fourth-order valence-electron chi connectivity index (χ4n) is 2.56. The van der Waals surface area contributed by atoms with Gasteiger partial charge in [-0.1, -0.05) is 45.8 Å². The van der Waals surface area contributed by atoms with Crippen molar-refractivity contribution in [1.29, 1.82) is 0 Å². The van der Waals surface area contributed by atoms with Gasteiger partial charge in [-0.2, -0.15) is 0 Å². The highest BCUT2D eigenvalue weighted by atomic mass is 79.9. The molecule has 0 unspecified atom stereocenters. The lowest BCUT2D eigenvalue weighted by atomic mass is 10.2. The highest BCUT2D eigenvalue weighted by molar-refractivity contribution is 9.10. The molecule has 0 atom stereocenters. The first-order valence-corrected chi connectivity index (χ1v) is 9.45.